The smallest absolute Gasteiger partial charge is 0.266 e. The molecule has 0 aromatic carbocycles. The fourth-order valence-electron chi connectivity index (χ4n) is 1.66. The van der Waals surface area contributed by atoms with Crippen molar-refractivity contribution in [1.29, 1.82) is 0 Å². The van der Waals surface area contributed by atoms with Crippen LogP contribution in [0.25, 0.3) is 15.8 Å². The molecule has 0 bridgehead atoms. The molecule has 90 valence electrons. The zero-order valence-corrected chi connectivity index (χ0v) is 10.2. The minimum Gasteiger partial charge on any atom is -0.266 e. The van der Waals surface area contributed by atoms with Crippen LogP contribution in [0, 0.1) is 12.7 Å². The molecule has 0 atom stereocenters. The predicted octanol–water partition coefficient (Wildman–Crippen LogP) is 2.29. The molecule has 0 amide bonds. The summed E-state index contributed by atoms with van der Waals surface area (Å²) in [5.41, 5.74) is 0.370. The highest BCUT2D eigenvalue weighted by atomic mass is 32.1. The molecule has 3 aromatic heterocycles. The van der Waals surface area contributed by atoms with Crippen molar-refractivity contribution in [2.24, 2.45) is 0 Å². The van der Waals surface area contributed by atoms with E-state index in [1.807, 2.05) is 11.4 Å². The van der Waals surface area contributed by atoms with Gasteiger partial charge in [0.1, 0.15) is 10.5 Å². The molecule has 0 N–H and O–H groups in total. The molecule has 0 unspecified atom stereocenters. The number of rotatable bonds is 1. The Bertz CT molecular complexity index is 793. The Kier molecular flexibility index (Phi) is 2.45. The third-order valence-corrected chi connectivity index (χ3v) is 3.57. The van der Waals surface area contributed by atoms with Crippen molar-refractivity contribution < 1.29 is 4.39 Å². The first kappa shape index (κ1) is 11.0. The van der Waals surface area contributed by atoms with Gasteiger partial charge in [-0.1, -0.05) is 0 Å². The van der Waals surface area contributed by atoms with Crippen LogP contribution < -0.4 is 5.56 Å². The Morgan fingerprint density at radius 1 is 1.39 bits per heavy atom. The number of aromatic nitrogens is 3. The second kappa shape index (κ2) is 3.99. The van der Waals surface area contributed by atoms with Crippen LogP contribution in [0.3, 0.4) is 0 Å². The van der Waals surface area contributed by atoms with E-state index in [0.29, 0.717) is 16.1 Å². The average Bonchev–Trinajstić information content (AvgIpc) is 2.83. The zero-order chi connectivity index (χ0) is 12.7. The predicted molar refractivity (Wildman–Crippen MR) is 67.7 cm³/mol. The fraction of sp³-hybridized carbons (Fsp3) is 0.0833. The third-order valence-electron chi connectivity index (χ3n) is 2.65. The minimum absolute atomic E-state index is 0.257. The summed E-state index contributed by atoms with van der Waals surface area (Å²) in [4.78, 5) is 16.0. The molecule has 0 saturated carbocycles. The van der Waals surface area contributed by atoms with Crippen LogP contribution in [-0.2, 0) is 0 Å². The van der Waals surface area contributed by atoms with Crippen LogP contribution >= 0.6 is 11.3 Å². The van der Waals surface area contributed by atoms with Crippen molar-refractivity contribution in [3.63, 3.8) is 0 Å². The molecule has 0 aliphatic carbocycles. The van der Waals surface area contributed by atoms with Crippen molar-refractivity contribution in [2.45, 2.75) is 6.92 Å². The summed E-state index contributed by atoms with van der Waals surface area (Å²) >= 11 is 1.34. The Hall–Kier alpha value is -2.08. The van der Waals surface area contributed by atoms with Gasteiger partial charge in [0.2, 0.25) is 0 Å². The third kappa shape index (κ3) is 1.62. The SMILES string of the molecule is Cc1ncc(-n2ncc3ccsc3c2=O)cc1F. The Morgan fingerprint density at radius 3 is 3.00 bits per heavy atom. The van der Waals surface area contributed by atoms with E-state index in [-0.39, 0.29) is 5.56 Å². The van der Waals surface area contributed by atoms with Crippen molar-refractivity contribution in [3.8, 4) is 5.69 Å². The first-order valence-corrected chi connectivity index (χ1v) is 6.13. The van der Waals surface area contributed by atoms with Crippen molar-refractivity contribution in [2.75, 3.05) is 0 Å². The molecule has 0 radical (unpaired) electrons. The van der Waals surface area contributed by atoms with Crippen LogP contribution in [0.2, 0.25) is 0 Å². The maximum absolute atomic E-state index is 13.4. The van der Waals surface area contributed by atoms with E-state index in [1.165, 1.54) is 23.6 Å². The highest BCUT2D eigenvalue weighted by Gasteiger charge is 2.09. The van der Waals surface area contributed by atoms with Gasteiger partial charge in [0, 0.05) is 11.5 Å². The van der Waals surface area contributed by atoms with E-state index >= 15 is 0 Å². The van der Waals surface area contributed by atoms with Crippen LogP contribution in [0.5, 0.6) is 0 Å². The molecule has 0 spiro atoms. The first-order chi connectivity index (χ1) is 8.66. The van der Waals surface area contributed by atoms with E-state index in [0.717, 1.165) is 10.1 Å². The van der Waals surface area contributed by atoms with E-state index < -0.39 is 5.82 Å². The largest absolute Gasteiger partial charge is 0.289 e. The van der Waals surface area contributed by atoms with Crippen molar-refractivity contribution >= 4 is 21.4 Å². The van der Waals surface area contributed by atoms with Gasteiger partial charge >= 0.3 is 0 Å². The van der Waals surface area contributed by atoms with E-state index in [2.05, 4.69) is 10.1 Å². The lowest BCUT2D eigenvalue weighted by molar-refractivity contribution is 0.606. The van der Waals surface area contributed by atoms with Gasteiger partial charge < -0.3 is 0 Å². The molecule has 18 heavy (non-hydrogen) atoms. The second-order valence-corrected chi connectivity index (χ2v) is 4.74. The number of nitrogens with zero attached hydrogens (tertiary/aromatic N) is 3. The molecule has 4 nitrogen and oxygen atoms in total. The Morgan fingerprint density at radius 2 is 2.22 bits per heavy atom. The summed E-state index contributed by atoms with van der Waals surface area (Å²) < 4.78 is 15.2. The molecule has 0 aliphatic heterocycles. The van der Waals surface area contributed by atoms with Gasteiger partial charge in [-0.15, -0.1) is 11.3 Å². The van der Waals surface area contributed by atoms with Gasteiger partial charge in [-0.2, -0.15) is 9.78 Å². The van der Waals surface area contributed by atoms with Gasteiger partial charge in [0.15, 0.2) is 0 Å². The molecule has 3 rings (SSSR count). The summed E-state index contributed by atoms with van der Waals surface area (Å²) in [5, 5.41) is 6.64. The first-order valence-electron chi connectivity index (χ1n) is 5.25. The van der Waals surface area contributed by atoms with Gasteiger partial charge in [0.05, 0.1) is 23.8 Å². The lowest BCUT2D eigenvalue weighted by Crippen LogP contribution is -2.20. The quantitative estimate of drug-likeness (QED) is 0.675. The molecule has 3 aromatic rings. The summed E-state index contributed by atoms with van der Waals surface area (Å²) in [6.07, 6.45) is 3.03. The number of halogens is 1. The summed E-state index contributed by atoms with van der Waals surface area (Å²) in [5.74, 6) is -0.451. The maximum Gasteiger partial charge on any atom is 0.289 e. The van der Waals surface area contributed by atoms with Gasteiger partial charge in [-0.05, 0) is 18.4 Å². The lowest BCUT2D eigenvalue weighted by Gasteiger charge is -2.04. The molecular weight excluding hydrogens is 253 g/mol. The molecule has 0 saturated heterocycles. The number of fused-ring (bicyclic) bond motifs is 1. The minimum atomic E-state index is -0.451. The second-order valence-electron chi connectivity index (χ2n) is 3.83. The molecular formula is C12H8FN3OS. The Labute approximate surface area is 105 Å². The van der Waals surface area contributed by atoms with Crippen LogP contribution in [0.15, 0.2) is 34.7 Å². The topological polar surface area (TPSA) is 47.8 Å². The van der Waals surface area contributed by atoms with E-state index in [9.17, 15) is 9.18 Å². The number of aryl methyl sites for hydroxylation is 1. The Balaban J connectivity index is 2.28. The number of thiophene rings is 1. The maximum atomic E-state index is 13.4. The monoisotopic (exact) mass is 261 g/mol. The average molecular weight is 261 g/mol. The molecule has 0 fully saturated rings. The van der Waals surface area contributed by atoms with Gasteiger partial charge in [-0.3, -0.25) is 9.78 Å². The van der Waals surface area contributed by atoms with Crippen molar-refractivity contribution in [1.82, 2.24) is 14.8 Å². The van der Waals surface area contributed by atoms with Gasteiger partial charge in [-0.25, -0.2) is 4.39 Å². The standard InChI is InChI=1S/C12H8FN3OS/c1-7-10(13)4-9(6-14-7)16-12(17)11-8(5-15-16)2-3-18-11/h2-6H,1H3. The number of hydrogen-bond acceptors (Lipinski definition) is 4. The van der Waals surface area contributed by atoms with Gasteiger partial charge in [0.25, 0.3) is 5.56 Å². The highest BCUT2D eigenvalue weighted by Crippen LogP contribution is 2.16. The van der Waals surface area contributed by atoms with Crippen LogP contribution in [0.1, 0.15) is 5.69 Å². The fourth-order valence-corrected chi connectivity index (χ4v) is 2.45. The van der Waals surface area contributed by atoms with E-state index in [1.54, 1.807) is 13.1 Å². The lowest BCUT2D eigenvalue weighted by atomic mass is 10.3. The summed E-state index contributed by atoms with van der Waals surface area (Å²) in [6, 6.07) is 3.09. The summed E-state index contributed by atoms with van der Waals surface area (Å²) in [7, 11) is 0. The molecule has 6 heteroatoms. The van der Waals surface area contributed by atoms with Crippen molar-refractivity contribution in [3.05, 3.63) is 51.8 Å². The highest BCUT2D eigenvalue weighted by molar-refractivity contribution is 7.17. The number of pyridine rings is 1. The van der Waals surface area contributed by atoms with Crippen LogP contribution in [0.4, 0.5) is 4.39 Å². The summed E-state index contributed by atoms with van der Waals surface area (Å²) in [6.45, 7) is 1.57. The number of hydrogen-bond donors (Lipinski definition) is 0. The normalized spacial score (nSPS) is 11.0. The molecule has 0 aliphatic rings. The van der Waals surface area contributed by atoms with E-state index in [4.69, 9.17) is 0 Å². The molecule has 3 heterocycles. The zero-order valence-electron chi connectivity index (χ0n) is 9.42. The van der Waals surface area contributed by atoms with Crippen LogP contribution in [-0.4, -0.2) is 14.8 Å².